The molecule has 174 valence electrons. The minimum atomic E-state index is -0.270. The highest BCUT2D eigenvalue weighted by molar-refractivity contribution is 5.92. The number of hydrogen-bond acceptors (Lipinski definition) is 5. The molecule has 7 nitrogen and oxygen atoms in total. The second-order valence-electron chi connectivity index (χ2n) is 8.47. The predicted octanol–water partition coefficient (Wildman–Crippen LogP) is 3.36. The molecule has 0 saturated carbocycles. The van der Waals surface area contributed by atoms with Crippen molar-refractivity contribution in [1.29, 1.82) is 0 Å². The summed E-state index contributed by atoms with van der Waals surface area (Å²) in [7, 11) is 0. The molecule has 1 saturated heterocycles. The number of rotatable bonds is 8. The van der Waals surface area contributed by atoms with E-state index in [1.807, 2.05) is 41.4 Å². The molecular weight excluding hydrogens is 433 g/mol. The Morgan fingerprint density at radius 3 is 2.76 bits per heavy atom. The molecule has 0 aliphatic carbocycles. The van der Waals surface area contributed by atoms with Crippen molar-refractivity contribution in [2.24, 2.45) is 0 Å². The topological polar surface area (TPSA) is 71.8 Å². The lowest BCUT2D eigenvalue weighted by Crippen LogP contribution is -2.42. The fourth-order valence-corrected chi connectivity index (χ4v) is 4.25. The molecule has 8 heteroatoms. The zero-order valence-corrected chi connectivity index (χ0v) is 18.7. The molecule has 1 amide bonds. The van der Waals surface area contributed by atoms with Crippen molar-refractivity contribution in [2.75, 3.05) is 19.6 Å². The number of hydrogen-bond donors (Lipinski definition) is 1. The summed E-state index contributed by atoms with van der Waals surface area (Å²) in [6.45, 7) is 1.74. The van der Waals surface area contributed by atoms with Gasteiger partial charge in [-0.3, -0.25) is 9.20 Å². The van der Waals surface area contributed by atoms with Crippen molar-refractivity contribution < 1.29 is 13.9 Å². The summed E-state index contributed by atoms with van der Waals surface area (Å²) >= 11 is 0. The van der Waals surface area contributed by atoms with Gasteiger partial charge in [-0.15, -0.1) is 0 Å². The first kappa shape index (κ1) is 22.0. The maximum atomic E-state index is 13.5. The number of halogens is 1. The van der Waals surface area contributed by atoms with E-state index in [1.165, 1.54) is 12.1 Å². The molecule has 1 N–H and O–H groups in total. The van der Waals surface area contributed by atoms with E-state index in [2.05, 4.69) is 15.3 Å². The molecule has 2 unspecified atom stereocenters. The van der Waals surface area contributed by atoms with Crippen LogP contribution in [0, 0.1) is 5.82 Å². The highest BCUT2D eigenvalue weighted by Gasteiger charge is 2.29. The lowest BCUT2D eigenvalue weighted by Gasteiger charge is -2.25. The van der Waals surface area contributed by atoms with E-state index in [1.54, 1.807) is 35.0 Å². The van der Waals surface area contributed by atoms with Crippen LogP contribution in [0.25, 0.3) is 5.78 Å². The zero-order chi connectivity index (χ0) is 23.3. The largest absolute Gasteiger partial charge is 0.489 e. The fourth-order valence-electron chi connectivity index (χ4n) is 4.25. The smallest absolute Gasteiger partial charge is 0.274 e. The average molecular weight is 460 g/mol. The van der Waals surface area contributed by atoms with E-state index >= 15 is 0 Å². The monoisotopic (exact) mass is 459 g/mol. The lowest BCUT2D eigenvalue weighted by atomic mass is 10.1. The van der Waals surface area contributed by atoms with Crippen LogP contribution in [0.4, 0.5) is 4.39 Å². The number of carbonyl (C=O) groups excluding carboxylic acids is 1. The molecule has 34 heavy (non-hydrogen) atoms. The number of ether oxygens (including phenoxy) is 1. The van der Waals surface area contributed by atoms with Crippen molar-refractivity contribution in [2.45, 2.75) is 25.0 Å². The third-order valence-electron chi connectivity index (χ3n) is 5.99. The van der Waals surface area contributed by atoms with Gasteiger partial charge in [-0.2, -0.15) is 0 Å². The van der Waals surface area contributed by atoms with Crippen LogP contribution in [-0.2, 0) is 6.42 Å². The SMILES string of the molecule is O=C(c1cn2cccnc2n1)N(CCc1ccc(F)cc1)CC1CC(Oc2ccccc2)CN1. The fraction of sp³-hybridized carbons (Fsp3) is 0.269. The van der Waals surface area contributed by atoms with Crippen LogP contribution in [0.1, 0.15) is 22.5 Å². The molecule has 0 spiro atoms. The summed E-state index contributed by atoms with van der Waals surface area (Å²) in [5.41, 5.74) is 1.33. The van der Waals surface area contributed by atoms with Gasteiger partial charge in [-0.05, 0) is 42.3 Å². The van der Waals surface area contributed by atoms with Crippen LogP contribution in [0.5, 0.6) is 5.75 Å². The van der Waals surface area contributed by atoms with Gasteiger partial charge in [0.25, 0.3) is 5.91 Å². The molecule has 5 rings (SSSR count). The number of amides is 1. The maximum Gasteiger partial charge on any atom is 0.274 e. The standard InChI is InChI=1S/C26H26FN5O2/c27-20-9-7-19(8-10-20)11-14-31(25(33)24-18-32-13-4-12-28-26(32)30-24)17-21-15-23(16-29-21)34-22-5-2-1-3-6-22/h1-10,12-13,18,21,23,29H,11,14-17H2. The highest BCUT2D eigenvalue weighted by atomic mass is 19.1. The third kappa shape index (κ3) is 5.23. The van der Waals surface area contributed by atoms with Crippen molar-refractivity contribution in [1.82, 2.24) is 24.6 Å². The molecule has 1 fully saturated rings. The molecule has 2 aromatic heterocycles. The number of aromatic nitrogens is 3. The van der Waals surface area contributed by atoms with Crippen LogP contribution in [0.15, 0.2) is 79.3 Å². The molecule has 1 aliphatic rings. The van der Waals surface area contributed by atoms with Gasteiger partial charge in [0, 0.05) is 50.7 Å². The molecule has 0 bridgehead atoms. The number of fused-ring (bicyclic) bond motifs is 1. The van der Waals surface area contributed by atoms with E-state index in [0.29, 0.717) is 31.0 Å². The minimum Gasteiger partial charge on any atom is -0.489 e. The van der Waals surface area contributed by atoms with Gasteiger partial charge in [-0.25, -0.2) is 14.4 Å². The Bertz CT molecular complexity index is 1210. The van der Waals surface area contributed by atoms with Gasteiger partial charge in [0.05, 0.1) is 0 Å². The van der Waals surface area contributed by atoms with Gasteiger partial charge >= 0.3 is 0 Å². The quantitative estimate of drug-likeness (QED) is 0.438. The van der Waals surface area contributed by atoms with E-state index in [-0.39, 0.29) is 23.9 Å². The van der Waals surface area contributed by atoms with Gasteiger partial charge in [0.1, 0.15) is 23.4 Å². The first-order valence-corrected chi connectivity index (χ1v) is 11.4. The van der Waals surface area contributed by atoms with Crippen LogP contribution >= 0.6 is 0 Å². The van der Waals surface area contributed by atoms with Crippen LogP contribution in [-0.4, -0.2) is 57.0 Å². The highest BCUT2D eigenvalue weighted by Crippen LogP contribution is 2.18. The van der Waals surface area contributed by atoms with Crippen LogP contribution < -0.4 is 10.1 Å². The molecular formula is C26H26FN5O2. The molecule has 3 heterocycles. The first-order valence-electron chi connectivity index (χ1n) is 11.4. The summed E-state index contributed by atoms with van der Waals surface area (Å²) in [5, 5.41) is 3.49. The van der Waals surface area contributed by atoms with Gasteiger partial charge in [0.15, 0.2) is 0 Å². The minimum absolute atomic E-state index is 0.0424. The maximum absolute atomic E-state index is 13.5. The number of nitrogens with one attached hydrogen (secondary N) is 1. The first-order chi connectivity index (χ1) is 16.6. The lowest BCUT2D eigenvalue weighted by molar-refractivity contribution is 0.0736. The second kappa shape index (κ2) is 10.0. The summed E-state index contributed by atoms with van der Waals surface area (Å²) in [5.74, 6) is 0.909. The zero-order valence-electron chi connectivity index (χ0n) is 18.7. The number of para-hydroxylation sites is 1. The summed E-state index contributed by atoms with van der Waals surface area (Å²) in [4.78, 5) is 23.9. The number of nitrogens with zero attached hydrogens (tertiary/aromatic N) is 4. The van der Waals surface area contributed by atoms with Crippen molar-refractivity contribution in [3.05, 3.63) is 96.3 Å². The molecule has 1 aliphatic heterocycles. The van der Waals surface area contributed by atoms with Crippen molar-refractivity contribution in [3.8, 4) is 5.75 Å². The van der Waals surface area contributed by atoms with Gasteiger partial charge in [-0.1, -0.05) is 30.3 Å². The number of carbonyl (C=O) groups is 1. The Morgan fingerprint density at radius 2 is 1.97 bits per heavy atom. The predicted molar refractivity (Wildman–Crippen MR) is 126 cm³/mol. The second-order valence-corrected chi connectivity index (χ2v) is 8.47. The van der Waals surface area contributed by atoms with E-state index in [9.17, 15) is 9.18 Å². The third-order valence-corrected chi connectivity index (χ3v) is 5.99. The number of imidazole rings is 1. The Morgan fingerprint density at radius 1 is 1.15 bits per heavy atom. The number of benzene rings is 2. The molecule has 4 aromatic rings. The summed E-state index contributed by atoms with van der Waals surface area (Å²) < 4.78 is 21.1. The van der Waals surface area contributed by atoms with Gasteiger partial charge in [0.2, 0.25) is 5.78 Å². The molecule has 2 aromatic carbocycles. The molecule has 2 atom stereocenters. The Labute approximate surface area is 197 Å². The Balaban J connectivity index is 1.29. The van der Waals surface area contributed by atoms with Gasteiger partial charge < -0.3 is 15.0 Å². The summed E-state index contributed by atoms with van der Waals surface area (Å²) in [6.07, 6.45) is 6.63. The van der Waals surface area contributed by atoms with Crippen molar-refractivity contribution >= 4 is 11.7 Å². The van der Waals surface area contributed by atoms with Crippen LogP contribution in [0.2, 0.25) is 0 Å². The normalized spacial score (nSPS) is 17.7. The summed E-state index contributed by atoms with van der Waals surface area (Å²) in [6, 6.07) is 18.1. The van der Waals surface area contributed by atoms with E-state index in [0.717, 1.165) is 24.3 Å². The average Bonchev–Trinajstić information content (AvgIpc) is 3.49. The van der Waals surface area contributed by atoms with Crippen molar-refractivity contribution in [3.63, 3.8) is 0 Å². The van der Waals surface area contributed by atoms with E-state index in [4.69, 9.17) is 4.74 Å². The molecule has 0 radical (unpaired) electrons. The van der Waals surface area contributed by atoms with Crippen LogP contribution in [0.3, 0.4) is 0 Å². The Kier molecular flexibility index (Phi) is 6.49. The van der Waals surface area contributed by atoms with E-state index < -0.39 is 0 Å². The Hall–Kier alpha value is -3.78.